The molecule has 1 heterocycles. The molecule has 0 aromatic heterocycles. The van der Waals surface area contributed by atoms with Crippen LogP contribution in [0, 0.1) is 0 Å². The second-order valence-corrected chi connectivity index (χ2v) is 4.64. The van der Waals surface area contributed by atoms with Crippen molar-refractivity contribution < 1.29 is 9.53 Å². The minimum Gasteiger partial charge on any atom is -0.353 e. The highest BCUT2D eigenvalue weighted by Gasteiger charge is 2.31. The Morgan fingerprint density at radius 3 is 2.88 bits per heavy atom. The van der Waals surface area contributed by atoms with Crippen LogP contribution in [0.25, 0.3) is 0 Å². The monoisotopic (exact) mass is 259 g/mol. The minimum absolute atomic E-state index is 0.345. The summed E-state index contributed by atoms with van der Waals surface area (Å²) in [5.74, 6) is -0.358. The maximum Gasteiger partial charge on any atom is 0.262 e. The second kappa shape index (κ2) is 4.62. The Labute approximate surface area is 104 Å². The maximum absolute atomic E-state index is 11.9. The van der Waals surface area contributed by atoms with Gasteiger partial charge in [-0.1, -0.05) is 41.4 Å². The zero-order chi connectivity index (χ0) is 11.7. The summed E-state index contributed by atoms with van der Waals surface area (Å²) in [5.41, 5.74) is 1.78. The summed E-state index contributed by atoms with van der Waals surface area (Å²) in [6, 6.07) is 7.55. The lowest BCUT2D eigenvalue weighted by atomic mass is 10.1. The molecule has 86 valence electrons. The molecule has 1 aromatic carbocycles. The Balaban J connectivity index is 2.40. The SMILES string of the molecule is CC1OCc2ccccc2N1C(=O)C(Cl)Cl. The van der Waals surface area contributed by atoms with Crippen molar-refractivity contribution in [3.05, 3.63) is 29.8 Å². The smallest absolute Gasteiger partial charge is 0.262 e. The highest BCUT2D eigenvalue weighted by atomic mass is 35.5. The van der Waals surface area contributed by atoms with E-state index >= 15 is 0 Å². The largest absolute Gasteiger partial charge is 0.353 e. The van der Waals surface area contributed by atoms with Crippen molar-refractivity contribution in [1.29, 1.82) is 0 Å². The van der Waals surface area contributed by atoms with Crippen LogP contribution in [0.5, 0.6) is 0 Å². The van der Waals surface area contributed by atoms with Crippen LogP contribution < -0.4 is 4.90 Å². The van der Waals surface area contributed by atoms with E-state index < -0.39 is 4.84 Å². The molecule has 0 saturated heterocycles. The van der Waals surface area contributed by atoms with E-state index in [1.165, 1.54) is 4.90 Å². The molecule has 1 aliphatic heterocycles. The predicted octanol–water partition coefficient (Wildman–Crippen LogP) is 2.70. The minimum atomic E-state index is -1.07. The number of halogens is 2. The Bertz CT molecular complexity index is 409. The van der Waals surface area contributed by atoms with Crippen LogP contribution in [0.3, 0.4) is 0 Å². The first-order chi connectivity index (χ1) is 7.61. The Morgan fingerprint density at radius 1 is 1.50 bits per heavy atom. The zero-order valence-corrected chi connectivity index (χ0v) is 10.2. The van der Waals surface area contributed by atoms with Crippen molar-refractivity contribution in [3.63, 3.8) is 0 Å². The average molecular weight is 260 g/mol. The van der Waals surface area contributed by atoms with Gasteiger partial charge in [-0.15, -0.1) is 0 Å². The van der Waals surface area contributed by atoms with Gasteiger partial charge in [0.25, 0.3) is 5.91 Å². The molecule has 0 radical (unpaired) electrons. The van der Waals surface area contributed by atoms with Gasteiger partial charge < -0.3 is 4.74 Å². The highest BCUT2D eigenvalue weighted by Crippen LogP contribution is 2.30. The Hall–Kier alpha value is -0.770. The first kappa shape index (κ1) is 11.7. The summed E-state index contributed by atoms with van der Waals surface area (Å²) < 4.78 is 5.48. The van der Waals surface area contributed by atoms with Crippen LogP contribution >= 0.6 is 23.2 Å². The molecule has 0 bridgehead atoms. The number of anilines is 1. The molecule has 0 spiro atoms. The standard InChI is InChI=1S/C11H11Cl2NO2/c1-7-14(11(15)10(12)13)9-5-3-2-4-8(9)6-16-7/h2-5,7,10H,6H2,1H3. The van der Waals surface area contributed by atoms with Gasteiger partial charge in [0, 0.05) is 5.56 Å². The summed E-state index contributed by atoms with van der Waals surface area (Å²) in [4.78, 5) is 12.3. The maximum atomic E-state index is 11.9. The number of benzene rings is 1. The van der Waals surface area contributed by atoms with Crippen molar-refractivity contribution in [2.45, 2.75) is 24.6 Å². The fourth-order valence-electron chi connectivity index (χ4n) is 1.75. The predicted molar refractivity (Wildman–Crippen MR) is 63.7 cm³/mol. The number of amides is 1. The van der Waals surface area contributed by atoms with Gasteiger partial charge in [-0.3, -0.25) is 9.69 Å². The zero-order valence-electron chi connectivity index (χ0n) is 8.69. The van der Waals surface area contributed by atoms with Gasteiger partial charge in [0.2, 0.25) is 0 Å². The molecule has 0 aliphatic carbocycles. The molecule has 2 rings (SSSR count). The van der Waals surface area contributed by atoms with Crippen LogP contribution in [0.1, 0.15) is 12.5 Å². The van der Waals surface area contributed by atoms with Gasteiger partial charge in [-0.2, -0.15) is 0 Å². The molecular formula is C11H11Cl2NO2. The fourth-order valence-corrected chi connectivity index (χ4v) is 1.96. The molecule has 3 nitrogen and oxygen atoms in total. The summed E-state index contributed by atoms with van der Waals surface area (Å²) in [6.45, 7) is 2.29. The van der Waals surface area contributed by atoms with E-state index in [1.807, 2.05) is 24.3 Å². The number of alkyl halides is 2. The highest BCUT2D eigenvalue weighted by molar-refractivity contribution is 6.54. The van der Waals surface area contributed by atoms with Gasteiger partial charge in [-0.05, 0) is 13.0 Å². The van der Waals surface area contributed by atoms with Gasteiger partial charge in [-0.25, -0.2) is 0 Å². The van der Waals surface area contributed by atoms with Gasteiger partial charge >= 0.3 is 0 Å². The molecule has 1 aromatic rings. The molecule has 5 heteroatoms. The second-order valence-electron chi connectivity index (χ2n) is 3.55. The van der Waals surface area contributed by atoms with Gasteiger partial charge in [0.05, 0.1) is 12.3 Å². The van der Waals surface area contributed by atoms with Crippen LogP contribution in [0.15, 0.2) is 24.3 Å². The van der Waals surface area contributed by atoms with Gasteiger partial charge in [0.15, 0.2) is 4.84 Å². The molecular weight excluding hydrogens is 249 g/mol. The quantitative estimate of drug-likeness (QED) is 0.726. The number of rotatable bonds is 1. The van der Waals surface area contributed by atoms with Crippen molar-refractivity contribution in [2.24, 2.45) is 0 Å². The lowest BCUT2D eigenvalue weighted by Crippen LogP contribution is -2.45. The summed E-state index contributed by atoms with van der Waals surface area (Å²) >= 11 is 11.2. The normalized spacial score (nSPS) is 19.8. The van der Waals surface area contributed by atoms with Crippen molar-refractivity contribution in [2.75, 3.05) is 4.90 Å². The number of carbonyl (C=O) groups is 1. The van der Waals surface area contributed by atoms with Crippen LogP contribution in [0.2, 0.25) is 0 Å². The third-order valence-corrected chi connectivity index (χ3v) is 2.89. The first-order valence-electron chi connectivity index (χ1n) is 4.92. The molecule has 1 unspecified atom stereocenters. The fraction of sp³-hybridized carbons (Fsp3) is 0.364. The lowest BCUT2D eigenvalue weighted by molar-refractivity contribution is -0.120. The molecule has 1 aliphatic rings. The van der Waals surface area contributed by atoms with Crippen LogP contribution in [-0.4, -0.2) is 17.0 Å². The number of carbonyl (C=O) groups excluding carboxylic acids is 1. The van der Waals surface area contributed by atoms with E-state index in [0.29, 0.717) is 6.61 Å². The van der Waals surface area contributed by atoms with E-state index in [4.69, 9.17) is 27.9 Å². The number of ether oxygens (including phenoxy) is 1. The van der Waals surface area contributed by atoms with E-state index in [0.717, 1.165) is 11.3 Å². The average Bonchev–Trinajstić information content (AvgIpc) is 2.28. The number of para-hydroxylation sites is 1. The number of hydrogen-bond donors (Lipinski definition) is 0. The lowest BCUT2D eigenvalue weighted by Gasteiger charge is -2.35. The van der Waals surface area contributed by atoms with Crippen molar-refractivity contribution in [1.82, 2.24) is 0 Å². The molecule has 16 heavy (non-hydrogen) atoms. The van der Waals surface area contributed by atoms with E-state index in [9.17, 15) is 4.79 Å². The molecule has 0 N–H and O–H groups in total. The topological polar surface area (TPSA) is 29.5 Å². The number of fused-ring (bicyclic) bond motifs is 1. The van der Waals surface area contributed by atoms with E-state index in [2.05, 4.69) is 0 Å². The summed E-state index contributed by atoms with van der Waals surface area (Å²) in [6.07, 6.45) is -0.345. The summed E-state index contributed by atoms with van der Waals surface area (Å²) in [5, 5.41) is 0. The third-order valence-electron chi connectivity index (χ3n) is 2.52. The molecule has 0 fully saturated rings. The van der Waals surface area contributed by atoms with E-state index in [1.54, 1.807) is 6.92 Å². The van der Waals surface area contributed by atoms with Crippen molar-refractivity contribution >= 4 is 34.8 Å². The third kappa shape index (κ3) is 2.03. The molecule has 1 atom stereocenters. The molecule has 1 amide bonds. The van der Waals surface area contributed by atoms with Crippen molar-refractivity contribution in [3.8, 4) is 0 Å². The number of hydrogen-bond acceptors (Lipinski definition) is 2. The Morgan fingerprint density at radius 2 is 2.19 bits per heavy atom. The summed E-state index contributed by atoms with van der Waals surface area (Å²) in [7, 11) is 0. The van der Waals surface area contributed by atoms with Crippen LogP contribution in [0.4, 0.5) is 5.69 Å². The number of nitrogens with zero attached hydrogens (tertiary/aromatic N) is 1. The van der Waals surface area contributed by atoms with E-state index in [-0.39, 0.29) is 12.1 Å². The Kier molecular flexibility index (Phi) is 3.38. The first-order valence-corrected chi connectivity index (χ1v) is 5.79. The van der Waals surface area contributed by atoms with Gasteiger partial charge in [0.1, 0.15) is 6.23 Å². The molecule has 0 saturated carbocycles. The van der Waals surface area contributed by atoms with Crippen LogP contribution in [-0.2, 0) is 16.1 Å².